The van der Waals surface area contributed by atoms with E-state index in [1.54, 1.807) is 22.9 Å². The lowest BCUT2D eigenvalue weighted by molar-refractivity contribution is -0.135. The molecule has 0 radical (unpaired) electrons. The first-order valence-corrected chi connectivity index (χ1v) is 18.1. The van der Waals surface area contributed by atoms with Gasteiger partial charge in [-0.3, -0.25) is 9.59 Å². The first kappa shape index (κ1) is 37.7. The smallest absolute Gasteiger partial charge is 0.407 e. The van der Waals surface area contributed by atoms with Crippen molar-refractivity contribution < 1.29 is 28.7 Å². The van der Waals surface area contributed by atoms with Crippen LogP contribution in [0.2, 0.25) is 0 Å². The monoisotopic (exact) mass is 734 g/mol. The summed E-state index contributed by atoms with van der Waals surface area (Å²) in [6.45, 7) is 10.5. The van der Waals surface area contributed by atoms with Gasteiger partial charge in [-0.05, 0) is 80.0 Å². The van der Waals surface area contributed by atoms with Gasteiger partial charge in [-0.25, -0.2) is 19.6 Å². The van der Waals surface area contributed by atoms with Crippen LogP contribution in [0.25, 0.3) is 22.3 Å². The van der Waals surface area contributed by atoms with Gasteiger partial charge < -0.3 is 39.9 Å². The number of hydrogen-bond donors (Lipinski definition) is 4. The van der Waals surface area contributed by atoms with E-state index in [1.807, 2.05) is 56.3 Å². The summed E-state index contributed by atoms with van der Waals surface area (Å²) in [7, 11) is 2.54. The number of hydrogen-bond acceptors (Lipinski definition) is 8. The first-order valence-electron chi connectivity index (χ1n) is 18.1. The van der Waals surface area contributed by atoms with Gasteiger partial charge >= 0.3 is 12.2 Å². The Bertz CT molecular complexity index is 2110. The fourth-order valence-electron chi connectivity index (χ4n) is 7.04. The maximum atomic E-state index is 13.5. The number of amides is 4. The van der Waals surface area contributed by atoms with Gasteiger partial charge in [0.25, 0.3) is 0 Å². The number of H-pyrrole nitrogens is 2. The fourth-order valence-corrected chi connectivity index (χ4v) is 7.04. The first-order chi connectivity index (χ1) is 26.0. The van der Waals surface area contributed by atoms with Crippen molar-refractivity contribution in [3.8, 4) is 23.1 Å². The lowest BCUT2D eigenvalue weighted by Crippen LogP contribution is -2.51. The van der Waals surface area contributed by atoms with E-state index in [9.17, 15) is 19.2 Å². The predicted octanol–water partition coefficient (Wildman–Crippen LogP) is 5.36. The van der Waals surface area contributed by atoms with Crippen LogP contribution in [0.5, 0.6) is 0 Å². The van der Waals surface area contributed by atoms with E-state index >= 15 is 0 Å². The molecule has 4 atom stereocenters. The topological polar surface area (TPSA) is 175 Å². The molecule has 54 heavy (non-hydrogen) atoms. The van der Waals surface area contributed by atoms with Crippen molar-refractivity contribution in [1.29, 1.82) is 0 Å². The van der Waals surface area contributed by atoms with Gasteiger partial charge in [0.1, 0.15) is 23.7 Å². The Labute approximate surface area is 314 Å². The number of carbonyl (C=O) groups excluding carboxylic acids is 4. The highest BCUT2D eigenvalue weighted by Gasteiger charge is 2.38. The summed E-state index contributed by atoms with van der Waals surface area (Å²) >= 11 is 0. The fraction of sp³-hybridized carbons (Fsp3) is 0.400. The third-order valence-corrected chi connectivity index (χ3v) is 9.92. The van der Waals surface area contributed by atoms with Crippen molar-refractivity contribution in [2.75, 3.05) is 27.3 Å². The number of imidazole rings is 2. The Morgan fingerprint density at radius 2 is 1.46 bits per heavy atom. The zero-order valence-corrected chi connectivity index (χ0v) is 31.2. The SMILES string of the molecule is C=C(C)C(NC(=O)OC)C(=O)N1CCCC1c1nc2ccc(C#Cc3ccc(-c4cnc(C5CCCN5C(=O)C(NC(=O)OC)C(C)C)[nH]4)cc3)cc2[nH]1. The Kier molecular flexibility index (Phi) is 11.4. The van der Waals surface area contributed by atoms with Gasteiger partial charge in [0, 0.05) is 24.2 Å². The number of carbonyl (C=O) groups is 4. The van der Waals surface area contributed by atoms with E-state index in [4.69, 9.17) is 14.5 Å². The molecular weight excluding hydrogens is 688 g/mol. The molecule has 4 amide bonds. The van der Waals surface area contributed by atoms with Crippen LogP contribution in [0.4, 0.5) is 9.59 Å². The molecule has 0 bridgehead atoms. The van der Waals surface area contributed by atoms with Crippen LogP contribution in [0, 0.1) is 17.8 Å². The van der Waals surface area contributed by atoms with Crippen LogP contribution in [0.3, 0.4) is 0 Å². The number of nitrogens with one attached hydrogen (secondary N) is 4. The molecule has 0 saturated carbocycles. The molecule has 4 unspecified atom stereocenters. The molecule has 2 aliphatic heterocycles. The van der Waals surface area contributed by atoms with Crippen LogP contribution in [-0.4, -0.2) is 93.1 Å². The van der Waals surface area contributed by atoms with E-state index < -0.39 is 24.3 Å². The van der Waals surface area contributed by atoms with Gasteiger partial charge in [0.05, 0.1) is 49.2 Å². The molecule has 2 aromatic heterocycles. The molecule has 282 valence electrons. The Morgan fingerprint density at radius 3 is 2.11 bits per heavy atom. The number of rotatable bonds is 9. The number of methoxy groups -OCH3 is 2. The van der Waals surface area contributed by atoms with Crippen molar-refractivity contribution in [1.82, 2.24) is 40.4 Å². The molecule has 4 N–H and O–H groups in total. The van der Waals surface area contributed by atoms with E-state index in [0.717, 1.165) is 59.1 Å². The van der Waals surface area contributed by atoms with Crippen molar-refractivity contribution in [3.05, 3.63) is 83.6 Å². The molecule has 4 heterocycles. The summed E-state index contributed by atoms with van der Waals surface area (Å²) < 4.78 is 9.45. The van der Waals surface area contributed by atoms with Gasteiger partial charge in [-0.2, -0.15) is 0 Å². The zero-order valence-electron chi connectivity index (χ0n) is 31.2. The average Bonchev–Trinajstić information content (AvgIpc) is 4.00. The third-order valence-electron chi connectivity index (χ3n) is 9.92. The van der Waals surface area contributed by atoms with Crippen LogP contribution < -0.4 is 10.6 Å². The van der Waals surface area contributed by atoms with Crippen molar-refractivity contribution in [2.24, 2.45) is 5.92 Å². The summed E-state index contributed by atoms with van der Waals surface area (Å²) in [6.07, 6.45) is 3.61. The largest absolute Gasteiger partial charge is 0.453 e. The lowest BCUT2D eigenvalue weighted by Gasteiger charge is -2.30. The molecule has 2 saturated heterocycles. The van der Waals surface area contributed by atoms with Gasteiger partial charge in [-0.1, -0.05) is 44.4 Å². The highest BCUT2D eigenvalue weighted by Crippen LogP contribution is 2.34. The van der Waals surface area contributed by atoms with E-state index in [0.29, 0.717) is 30.3 Å². The zero-order chi connectivity index (χ0) is 38.5. The number of fused-ring (bicyclic) bond motifs is 1. The minimum atomic E-state index is -0.891. The van der Waals surface area contributed by atoms with E-state index in [2.05, 4.69) is 44.0 Å². The molecule has 0 spiro atoms. The highest BCUT2D eigenvalue weighted by atomic mass is 16.5. The number of alkyl carbamates (subject to hydrolysis) is 2. The maximum Gasteiger partial charge on any atom is 0.407 e. The van der Waals surface area contributed by atoms with Gasteiger partial charge in [0.15, 0.2) is 0 Å². The van der Waals surface area contributed by atoms with Gasteiger partial charge in [-0.15, -0.1) is 0 Å². The summed E-state index contributed by atoms with van der Waals surface area (Å²) in [6, 6.07) is 11.6. The predicted molar refractivity (Wildman–Crippen MR) is 202 cm³/mol. The molecule has 2 fully saturated rings. The Hall–Kier alpha value is -6.10. The van der Waals surface area contributed by atoms with Gasteiger partial charge in [0.2, 0.25) is 11.8 Å². The minimum Gasteiger partial charge on any atom is -0.453 e. The standard InChI is InChI=1S/C40H46N8O6/c1-23(2)33(45-39(51)53-5)37(49)47-19-7-9-31(47)35-41-22-30(44-35)27-16-13-25(14-17-27)11-12-26-15-18-28-29(21-26)43-36(42-28)32-10-8-20-48(32)38(50)34(24(3)4)46-40(52)54-6/h13-18,21-23,31-34H,3,7-10,19-20H2,1-2,4-6H3,(H,41,44)(H,42,43)(H,45,51)(H,46,52). The minimum absolute atomic E-state index is 0.111. The third kappa shape index (κ3) is 8.10. The number of benzene rings is 2. The number of aromatic amines is 2. The molecule has 2 aliphatic rings. The summed E-state index contributed by atoms with van der Waals surface area (Å²) in [5.74, 6) is 7.35. The molecule has 0 aliphatic carbocycles. The van der Waals surface area contributed by atoms with Crippen LogP contribution in [0.1, 0.15) is 81.3 Å². The second-order valence-electron chi connectivity index (χ2n) is 14.0. The van der Waals surface area contributed by atoms with Crippen LogP contribution in [-0.2, 0) is 19.1 Å². The summed E-state index contributed by atoms with van der Waals surface area (Å²) in [5.41, 5.74) is 5.50. The van der Waals surface area contributed by atoms with Crippen molar-refractivity contribution in [3.63, 3.8) is 0 Å². The van der Waals surface area contributed by atoms with E-state index in [-0.39, 0.29) is 29.8 Å². The van der Waals surface area contributed by atoms with E-state index in [1.165, 1.54) is 14.2 Å². The molecule has 4 aromatic rings. The summed E-state index contributed by atoms with van der Waals surface area (Å²) in [5, 5.41) is 5.27. The molecule has 14 heteroatoms. The maximum absolute atomic E-state index is 13.5. The number of likely N-dealkylation sites (tertiary alicyclic amines) is 2. The lowest BCUT2D eigenvalue weighted by atomic mass is 10.0. The summed E-state index contributed by atoms with van der Waals surface area (Å²) in [4.78, 5) is 70.6. The normalized spacial score (nSPS) is 17.8. The van der Waals surface area contributed by atoms with Crippen molar-refractivity contribution >= 4 is 35.0 Å². The van der Waals surface area contributed by atoms with Crippen LogP contribution >= 0.6 is 0 Å². The molecule has 2 aromatic carbocycles. The second kappa shape index (κ2) is 16.3. The highest BCUT2D eigenvalue weighted by molar-refractivity contribution is 5.89. The second-order valence-corrected chi connectivity index (χ2v) is 14.0. The molecule has 14 nitrogen and oxygen atoms in total. The van der Waals surface area contributed by atoms with Crippen LogP contribution in [0.15, 0.2) is 60.8 Å². The Balaban J connectivity index is 1.12. The number of ether oxygens (including phenoxy) is 2. The molecular formula is C40H46N8O6. The Morgan fingerprint density at radius 1 is 0.852 bits per heavy atom. The number of aromatic nitrogens is 4. The molecule has 6 rings (SSSR count). The van der Waals surface area contributed by atoms with Crippen molar-refractivity contribution in [2.45, 2.75) is 70.6 Å². The number of nitrogens with zero attached hydrogens (tertiary/aromatic N) is 4. The quantitative estimate of drug-likeness (QED) is 0.131. The average molecular weight is 735 g/mol.